The molecule has 2 amide bonds. The average Bonchev–Trinajstić information content (AvgIpc) is 2.52. The molecule has 0 aliphatic rings. The molecule has 0 heterocycles. The number of hydrogen-bond donors (Lipinski definition) is 3. The Morgan fingerprint density at radius 1 is 1.12 bits per heavy atom. The molecule has 3 N–H and O–H groups in total. The quantitative estimate of drug-likeness (QED) is 0.431. The van der Waals surface area contributed by atoms with Crippen LogP contribution in [0.1, 0.15) is 12.0 Å². The van der Waals surface area contributed by atoms with Crippen LogP contribution >= 0.6 is 23.2 Å². The van der Waals surface area contributed by atoms with E-state index in [0.29, 0.717) is 16.3 Å². The van der Waals surface area contributed by atoms with Gasteiger partial charge >= 0.3 is 0 Å². The first-order chi connectivity index (χ1) is 11.5. The van der Waals surface area contributed by atoms with E-state index >= 15 is 0 Å². The number of hydrazone groups is 1. The number of rotatable bonds is 5. The Hall–Kier alpha value is -2.57. The van der Waals surface area contributed by atoms with Crippen LogP contribution in [0.15, 0.2) is 47.6 Å². The number of benzene rings is 2. The van der Waals surface area contributed by atoms with Crippen LogP contribution in [-0.4, -0.2) is 23.1 Å². The van der Waals surface area contributed by atoms with Gasteiger partial charge < -0.3 is 10.4 Å². The van der Waals surface area contributed by atoms with Crippen LogP contribution in [0.3, 0.4) is 0 Å². The number of carbonyl (C=O) groups excluding carboxylic acids is 2. The molecule has 0 atom stereocenters. The Balaban J connectivity index is 1.85. The summed E-state index contributed by atoms with van der Waals surface area (Å²) >= 11 is 11.8. The topological polar surface area (TPSA) is 90.8 Å². The molecule has 0 saturated heterocycles. The number of phenolic OH excluding ortho intramolecular Hbond substituents is 1. The highest BCUT2D eigenvalue weighted by Crippen LogP contribution is 2.29. The predicted octanol–water partition coefficient (Wildman–Crippen LogP) is 3.18. The van der Waals surface area contributed by atoms with Gasteiger partial charge in [0.2, 0.25) is 11.8 Å². The molecule has 0 bridgehead atoms. The zero-order valence-corrected chi connectivity index (χ0v) is 13.8. The van der Waals surface area contributed by atoms with Crippen molar-refractivity contribution in [1.82, 2.24) is 5.43 Å². The number of nitrogens with one attached hydrogen (secondary N) is 2. The molecular weight excluding hydrogens is 353 g/mol. The first-order valence-electron chi connectivity index (χ1n) is 6.80. The number of phenols is 1. The van der Waals surface area contributed by atoms with Gasteiger partial charge in [0, 0.05) is 0 Å². The summed E-state index contributed by atoms with van der Waals surface area (Å²) in [6, 6.07) is 11.1. The van der Waals surface area contributed by atoms with Crippen molar-refractivity contribution in [2.24, 2.45) is 5.10 Å². The second-order valence-corrected chi connectivity index (χ2v) is 5.50. The van der Waals surface area contributed by atoms with E-state index in [4.69, 9.17) is 23.2 Å². The second kappa shape index (κ2) is 8.33. The lowest BCUT2D eigenvalue weighted by Gasteiger charge is -2.07. The van der Waals surface area contributed by atoms with Crippen LogP contribution in [0.25, 0.3) is 0 Å². The highest BCUT2D eigenvalue weighted by molar-refractivity contribution is 6.44. The number of amides is 2. The van der Waals surface area contributed by atoms with Gasteiger partial charge in [-0.2, -0.15) is 5.10 Å². The fourth-order valence-electron chi connectivity index (χ4n) is 1.76. The molecule has 0 aromatic heterocycles. The minimum absolute atomic E-state index is 0.0862. The molecule has 2 rings (SSSR count). The van der Waals surface area contributed by atoms with E-state index < -0.39 is 18.2 Å². The first-order valence-corrected chi connectivity index (χ1v) is 7.56. The summed E-state index contributed by atoms with van der Waals surface area (Å²) in [7, 11) is 0. The molecule has 0 fully saturated rings. The zero-order chi connectivity index (χ0) is 17.5. The lowest BCUT2D eigenvalue weighted by Crippen LogP contribution is -2.24. The van der Waals surface area contributed by atoms with Gasteiger partial charge in [0.1, 0.15) is 12.2 Å². The maximum Gasteiger partial charge on any atom is 0.249 e. The summed E-state index contributed by atoms with van der Waals surface area (Å²) in [5, 5.41) is 16.0. The molecule has 2 aromatic carbocycles. The minimum Gasteiger partial charge on any atom is -0.508 e. The average molecular weight is 366 g/mol. The van der Waals surface area contributed by atoms with Crippen molar-refractivity contribution in [3.05, 3.63) is 58.1 Å². The molecule has 2 aromatic rings. The van der Waals surface area contributed by atoms with Crippen LogP contribution in [0, 0.1) is 0 Å². The van der Waals surface area contributed by atoms with E-state index in [1.807, 2.05) is 0 Å². The SMILES string of the molecule is O=C(CC(=O)Nc1cccc(Cl)c1Cl)NN=Cc1cccc(O)c1. The summed E-state index contributed by atoms with van der Waals surface area (Å²) in [5.74, 6) is -1.06. The third kappa shape index (κ3) is 5.26. The Kier molecular flexibility index (Phi) is 6.17. The summed E-state index contributed by atoms with van der Waals surface area (Å²) < 4.78 is 0. The lowest BCUT2D eigenvalue weighted by atomic mass is 10.2. The summed E-state index contributed by atoms with van der Waals surface area (Å²) in [6.07, 6.45) is 0.920. The normalized spacial score (nSPS) is 10.6. The predicted molar refractivity (Wildman–Crippen MR) is 93.6 cm³/mol. The molecule has 6 nitrogen and oxygen atoms in total. The number of hydrogen-bond acceptors (Lipinski definition) is 4. The van der Waals surface area contributed by atoms with Gasteiger partial charge in [0.15, 0.2) is 0 Å². The maximum absolute atomic E-state index is 11.8. The number of anilines is 1. The minimum atomic E-state index is -0.595. The third-order valence-electron chi connectivity index (χ3n) is 2.82. The van der Waals surface area contributed by atoms with Gasteiger partial charge in [-0.3, -0.25) is 9.59 Å². The molecule has 0 spiro atoms. The number of halogens is 2. The monoisotopic (exact) mass is 365 g/mol. The van der Waals surface area contributed by atoms with E-state index in [9.17, 15) is 14.7 Å². The molecule has 0 aliphatic carbocycles. The molecule has 8 heteroatoms. The Morgan fingerprint density at radius 3 is 2.62 bits per heavy atom. The molecule has 124 valence electrons. The Bertz CT molecular complexity index is 794. The highest BCUT2D eigenvalue weighted by atomic mass is 35.5. The van der Waals surface area contributed by atoms with E-state index in [1.165, 1.54) is 18.3 Å². The standard InChI is InChI=1S/C16H13Cl2N3O3/c17-12-5-2-6-13(16(12)18)20-14(23)8-15(24)21-19-9-10-3-1-4-11(22)7-10/h1-7,9,22H,8H2,(H,20,23)(H,21,24). The van der Waals surface area contributed by atoms with Crippen molar-refractivity contribution < 1.29 is 14.7 Å². The van der Waals surface area contributed by atoms with Crippen molar-refractivity contribution in [2.45, 2.75) is 6.42 Å². The van der Waals surface area contributed by atoms with Gasteiger partial charge in [-0.25, -0.2) is 5.43 Å². The van der Waals surface area contributed by atoms with Crippen LogP contribution < -0.4 is 10.7 Å². The number of nitrogens with zero attached hydrogens (tertiary/aromatic N) is 1. The summed E-state index contributed by atoms with van der Waals surface area (Å²) in [5.41, 5.74) is 3.15. The van der Waals surface area contributed by atoms with Gasteiger partial charge in [0.05, 0.1) is 21.9 Å². The van der Waals surface area contributed by atoms with Crippen molar-refractivity contribution >= 4 is 46.9 Å². The van der Waals surface area contributed by atoms with E-state index in [-0.39, 0.29) is 10.8 Å². The van der Waals surface area contributed by atoms with Gasteiger partial charge in [-0.05, 0) is 29.8 Å². The van der Waals surface area contributed by atoms with Crippen molar-refractivity contribution in [3.63, 3.8) is 0 Å². The van der Waals surface area contributed by atoms with Crippen molar-refractivity contribution in [2.75, 3.05) is 5.32 Å². The van der Waals surface area contributed by atoms with Gasteiger partial charge in [0.25, 0.3) is 0 Å². The number of aromatic hydroxyl groups is 1. The Labute approximate surface area is 148 Å². The molecule has 0 radical (unpaired) electrons. The van der Waals surface area contributed by atoms with E-state index in [1.54, 1.807) is 30.3 Å². The third-order valence-corrected chi connectivity index (χ3v) is 3.64. The smallest absolute Gasteiger partial charge is 0.249 e. The lowest BCUT2D eigenvalue weighted by molar-refractivity contribution is -0.126. The van der Waals surface area contributed by atoms with Crippen LogP contribution in [0.2, 0.25) is 10.0 Å². The molecule has 0 unspecified atom stereocenters. The number of carbonyl (C=O) groups is 2. The second-order valence-electron chi connectivity index (χ2n) is 4.71. The van der Waals surface area contributed by atoms with Crippen molar-refractivity contribution in [3.8, 4) is 5.75 Å². The highest BCUT2D eigenvalue weighted by Gasteiger charge is 2.11. The summed E-state index contributed by atoms with van der Waals surface area (Å²) in [4.78, 5) is 23.5. The largest absolute Gasteiger partial charge is 0.508 e. The molecule has 24 heavy (non-hydrogen) atoms. The van der Waals surface area contributed by atoms with Gasteiger partial charge in [-0.15, -0.1) is 0 Å². The fraction of sp³-hybridized carbons (Fsp3) is 0.0625. The first kappa shape index (κ1) is 17.8. The molecule has 0 saturated carbocycles. The fourth-order valence-corrected chi connectivity index (χ4v) is 2.11. The summed E-state index contributed by atoms with van der Waals surface area (Å²) in [6.45, 7) is 0. The van der Waals surface area contributed by atoms with Crippen molar-refractivity contribution in [1.29, 1.82) is 0 Å². The van der Waals surface area contributed by atoms with Crippen LogP contribution in [-0.2, 0) is 9.59 Å². The van der Waals surface area contributed by atoms with Gasteiger partial charge in [-0.1, -0.05) is 41.4 Å². The van der Waals surface area contributed by atoms with Crippen LogP contribution in [0.5, 0.6) is 5.75 Å². The molecular formula is C16H13Cl2N3O3. The maximum atomic E-state index is 11.8. The van der Waals surface area contributed by atoms with Crippen LogP contribution in [0.4, 0.5) is 5.69 Å². The van der Waals surface area contributed by atoms with E-state index in [2.05, 4.69) is 15.8 Å². The Morgan fingerprint density at radius 2 is 1.88 bits per heavy atom. The zero-order valence-electron chi connectivity index (χ0n) is 12.3. The molecule has 0 aliphatic heterocycles. The van der Waals surface area contributed by atoms with E-state index in [0.717, 1.165) is 0 Å².